The van der Waals surface area contributed by atoms with Crippen LogP contribution < -0.4 is 5.32 Å². The number of hydrogen-bond donors (Lipinski definition) is 2. The lowest BCUT2D eigenvalue weighted by Crippen LogP contribution is -2.48. The average Bonchev–Trinajstić information content (AvgIpc) is 2.27. The fourth-order valence-corrected chi connectivity index (χ4v) is 2.44. The van der Waals surface area contributed by atoms with Gasteiger partial charge in [0.2, 0.25) is 0 Å². The van der Waals surface area contributed by atoms with Crippen LogP contribution in [0.15, 0.2) is 28.7 Å². The molecule has 1 rings (SSSR count). The molecular weight excluding hydrogens is 278 g/mol. The van der Waals surface area contributed by atoms with Crippen LogP contribution in [0.2, 0.25) is 0 Å². The van der Waals surface area contributed by atoms with Crippen LogP contribution in [-0.4, -0.2) is 23.8 Å². The highest BCUT2D eigenvalue weighted by molar-refractivity contribution is 9.10. The Hall–Kier alpha value is -0.380. The second-order valence-electron chi connectivity index (χ2n) is 5.76. The Bertz CT molecular complexity index is 374. The van der Waals surface area contributed by atoms with Crippen molar-refractivity contribution in [1.82, 2.24) is 5.32 Å². The molecule has 96 valence electrons. The second-order valence-corrected chi connectivity index (χ2v) is 6.61. The first-order valence-corrected chi connectivity index (χ1v) is 6.69. The van der Waals surface area contributed by atoms with Crippen molar-refractivity contribution in [2.45, 2.75) is 38.6 Å². The summed E-state index contributed by atoms with van der Waals surface area (Å²) in [6.07, 6.45) is 0. The lowest BCUT2D eigenvalue weighted by molar-refractivity contribution is 0.181. The maximum atomic E-state index is 9.24. The summed E-state index contributed by atoms with van der Waals surface area (Å²) in [5, 5.41) is 12.6. The molecule has 3 heteroatoms. The van der Waals surface area contributed by atoms with Gasteiger partial charge in [0.1, 0.15) is 0 Å². The van der Waals surface area contributed by atoms with Crippen molar-refractivity contribution in [3.63, 3.8) is 0 Å². The molecule has 0 fully saturated rings. The van der Waals surface area contributed by atoms with Gasteiger partial charge in [0, 0.05) is 22.0 Å². The van der Waals surface area contributed by atoms with Gasteiger partial charge in [-0.05, 0) is 25.5 Å². The van der Waals surface area contributed by atoms with E-state index in [0.29, 0.717) is 0 Å². The molecule has 0 saturated heterocycles. The van der Waals surface area contributed by atoms with E-state index < -0.39 is 0 Å². The van der Waals surface area contributed by atoms with Gasteiger partial charge >= 0.3 is 0 Å². The summed E-state index contributed by atoms with van der Waals surface area (Å²) in [6.45, 7) is 9.37. The minimum absolute atomic E-state index is 0.0204. The van der Waals surface area contributed by atoms with Crippen LogP contribution in [0.4, 0.5) is 0 Å². The zero-order valence-corrected chi connectivity index (χ0v) is 12.6. The molecule has 17 heavy (non-hydrogen) atoms. The molecule has 0 aliphatic rings. The highest BCUT2D eigenvalue weighted by Crippen LogP contribution is 2.29. The van der Waals surface area contributed by atoms with E-state index >= 15 is 0 Å². The summed E-state index contributed by atoms with van der Waals surface area (Å²) >= 11 is 3.59. The summed E-state index contributed by atoms with van der Waals surface area (Å²) in [6, 6.07) is 8.28. The SMILES string of the molecule is CC(C)(CO)NCC(C)(C)c1ccccc1Br. The Balaban J connectivity index is 2.79. The second kappa shape index (κ2) is 5.51. The predicted molar refractivity (Wildman–Crippen MR) is 76.3 cm³/mol. The molecule has 0 heterocycles. The number of hydrogen-bond acceptors (Lipinski definition) is 2. The zero-order chi connectivity index (χ0) is 13.1. The van der Waals surface area contributed by atoms with Gasteiger partial charge in [-0.25, -0.2) is 0 Å². The molecule has 1 aromatic rings. The number of rotatable bonds is 5. The van der Waals surface area contributed by atoms with Gasteiger partial charge in [-0.1, -0.05) is 48.0 Å². The number of aliphatic hydroxyl groups is 1. The number of halogens is 1. The van der Waals surface area contributed by atoms with E-state index in [-0.39, 0.29) is 17.6 Å². The molecule has 0 aromatic heterocycles. The molecule has 2 N–H and O–H groups in total. The van der Waals surface area contributed by atoms with Crippen molar-refractivity contribution in [2.75, 3.05) is 13.2 Å². The summed E-state index contributed by atoms with van der Waals surface area (Å²) in [5.74, 6) is 0. The fraction of sp³-hybridized carbons (Fsp3) is 0.571. The van der Waals surface area contributed by atoms with Crippen molar-refractivity contribution in [3.8, 4) is 0 Å². The third kappa shape index (κ3) is 4.09. The molecular formula is C14H22BrNO. The molecule has 0 atom stereocenters. The van der Waals surface area contributed by atoms with Crippen molar-refractivity contribution in [2.24, 2.45) is 0 Å². The van der Waals surface area contributed by atoms with Crippen LogP contribution in [0.1, 0.15) is 33.3 Å². The first-order valence-electron chi connectivity index (χ1n) is 5.89. The van der Waals surface area contributed by atoms with Crippen LogP contribution in [0.5, 0.6) is 0 Å². The predicted octanol–water partition coefficient (Wildman–Crippen LogP) is 3.09. The molecule has 0 unspecified atom stereocenters. The Morgan fingerprint density at radius 2 is 1.76 bits per heavy atom. The van der Waals surface area contributed by atoms with Gasteiger partial charge in [0.25, 0.3) is 0 Å². The molecule has 0 spiro atoms. The Kier molecular flexibility index (Phi) is 4.76. The van der Waals surface area contributed by atoms with E-state index in [1.54, 1.807) is 0 Å². The van der Waals surface area contributed by atoms with Gasteiger partial charge in [0.05, 0.1) is 6.61 Å². The standard InChI is InChI=1S/C14H22BrNO/c1-13(2,9-16-14(3,4)10-17)11-7-5-6-8-12(11)15/h5-8,16-17H,9-10H2,1-4H3. The van der Waals surface area contributed by atoms with Crippen molar-refractivity contribution >= 4 is 15.9 Å². The van der Waals surface area contributed by atoms with Crippen molar-refractivity contribution in [3.05, 3.63) is 34.3 Å². The molecule has 0 aliphatic heterocycles. The Morgan fingerprint density at radius 3 is 2.29 bits per heavy atom. The van der Waals surface area contributed by atoms with Crippen LogP contribution in [-0.2, 0) is 5.41 Å². The summed E-state index contributed by atoms with van der Waals surface area (Å²) < 4.78 is 1.13. The summed E-state index contributed by atoms with van der Waals surface area (Å²) in [4.78, 5) is 0. The van der Waals surface area contributed by atoms with Crippen molar-refractivity contribution in [1.29, 1.82) is 0 Å². The fourth-order valence-electron chi connectivity index (χ4n) is 1.62. The van der Waals surface area contributed by atoms with Gasteiger partial charge < -0.3 is 10.4 Å². The topological polar surface area (TPSA) is 32.3 Å². The molecule has 1 aromatic carbocycles. The van der Waals surface area contributed by atoms with E-state index in [4.69, 9.17) is 0 Å². The largest absolute Gasteiger partial charge is 0.394 e. The van der Waals surface area contributed by atoms with Crippen molar-refractivity contribution < 1.29 is 5.11 Å². The average molecular weight is 300 g/mol. The molecule has 0 radical (unpaired) electrons. The minimum Gasteiger partial charge on any atom is -0.394 e. The first-order chi connectivity index (χ1) is 7.78. The lowest BCUT2D eigenvalue weighted by Gasteiger charge is -2.32. The Labute approximate surface area is 113 Å². The maximum absolute atomic E-state index is 9.24. The maximum Gasteiger partial charge on any atom is 0.0607 e. The molecule has 0 amide bonds. The van der Waals surface area contributed by atoms with Gasteiger partial charge in [-0.2, -0.15) is 0 Å². The lowest BCUT2D eigenvalue weighted by atomic mass is 9.84. The number of aliphatic hydroxyl groups excluding tert-OH is 1. The highest BCUT2D eigenvalue weighted by Gasteiger charge is 2.26. The monoisotopic (exact) mass is 299 g/mol. The quantitative estimate of drug-likeness (QED) is 0.876. The van der Waals surface area contributed by atoms with Crippen LogP contribution in [0.25, 0.3) is 0 Å². The van der Waals surface area contributed by atoms with Crippen LogP contribution in [0.3, 0.4) is 0 Å². The Morgan fingerprint density at radius 1 is 1.18 bits per heavy atom. The smallest absolute Gasteiger partial charge is 0.0607 e. The van der Waals surface area contributed by atoms with Crippen LogP contribution >= 0.6 is 15.9 Å². The van der Waals surface area contributed by atoms with Gasteiger partial charge in [-0.3, -0.25) is 0 Å². The third-order valence-corrected chi connectivity index (χ3v) is 3.70. The highest BCUT2D eigenvalue weighted by atomic mass is 79.9. The van der Waals surface area contributed by atoms with Gasteiger partial charge in [0.15, 0.2) is 0 Å². The van der Waals surface area contributed by atoms with Gasteiger partial charge in [-0.15, -0.1) is 0 Å². The normalized spacial score (nSPS) is 12.8. The molecule has 0 bridgehead atoms. The van der Waals surface area contributed by atoms with E-state index in [9.17, 15) is 5.11 Å². The van der Waals surface area contributed by atoms with E-state index in [1.807, 2.05) is 19.9 Å². The molecule has 2 nitrogen and oxygen atoms in total. The van der Waals surface area contributed by atoms with E-state index in [2.05, 4.69) is 53.3 Å². The van der Waals surface area contributed by atoms with E-state index in [1.165, 1.54) is 5.56 Å². The summed E-state index contributed by atoms with van der Waals surface area (Å²) in [7, 11) is 0. The molecule has 0 saturated carbocycles. The minimum atomic E-state index is -0.238. The van der Waals surface area contributed by atoms with Crippen LogP contribution in [0, 0.1) is 0 Å². The summed E-state index contributed by atoms with van der Waals surface area (Å²) in [5.41, 5.74) is 1.06. The first kappa shape index (κ1) is 14.7. The van der Waals surface area contributed by atoms with E-state index in [0.717, 1.165) is 11.0 Å². The molecule has 0 aliphatic carbocycles. The third-order valence-electron chi connectivity index (χ3n) is 3.01. The number of nitrogens with one attached hydrogen (secondary N) is 1. The number of benzene rings is 1. The zero-order valence-electron chi connectivity index (χ0n) is 11.0.